The van der Waals surface area contributed by atoms with Gasteiger partial charge in [-0.05, 0) is 25.5 Å². The maximum Gasteiger partial charge on any atom is 0.248 e. The van der Waals surface area contributed by atoms with Crippen molar-refractivity contribution in [2.24, 2.45) is 0 Å². The number of methoxy groups -OCH3 is 1. The number of furan rings is 1. The number of carbonyl (C=O) groups is 2. The molecule has 28 heavy (non-hydrogen) atoms. The molecule has 2 fully saturated rings. The summed E-state index contributed by atoms with van der Waals surface area (Å²) in [5, 5.41) is 4.89. The number of nitrogens with zero attached hydrogens (tertiary/aromatic N) is 1. The van der Waals surface area contributed by atoms with Crippen LogP contribution in [-0.2, 0) is 9.59 Å². The van der Waals surface area contributed by atoms with Gasteiger partial charge in [-0.2, -0.15) is 0 Å². The molecule has 2 saturated heterocycles. The van der Waals surface area contributed by atoms with Gasteiger partial charge in [0.25, 0.3) is 0 Å². The van der Waals surface area contributed by atoms with Crippen molar-refractivity contribution in [2.75, 3.05) is 18.2 Å². The van der Waals surface area contributed by atoms with Gasteiger partial charge in [-0.1, -0.05) is 18.2 Å². The minimum Gasteiger partial charge on any atom is -0.495 e. The van der Waals surface area contributed by atoms with E-state index in [1.54, 1.807) is 29.8 Å². The van der Waals surface area contributed by atoms with Gasteiger partial charge >= 0.3 is 0 Å². The number of hydrogen-bond donors (Lipinski definition) is 1. The van der Waals surface area contributed by atoms with Crippen molar-refractivity contribution in [3.8, 4) is 5.75 Å². The smallest absolute Gasteiger partial charge is 0.248 e. The molecule has 7 heteroatoms. The predicted molar refractivity (Wildman–Crippen MR) is 110 cm³/mol. The number of para-hydroxylation sites is 1. The van der Waals surface area contributed by atoms with Crippen LogP contribution < -0.4 is 10.1 Å². The average molecular weight is 396 g/mol. The largest absolute Gasteiger partial charge is 0.495 e. The lowest BCUT2D eigenvalue weighted by atomic mass is 10.1. The molecule has 0 bridgehead atoms. The van der Waals surface area contributed by atoms with Crippen LogP contribution in [0.25, 0.3) is 21.9 Å². The standard InChI is InChI=1S/C21H20N2O4S/c1-21-8-7-19(24)23(21)15(11-28-21)20(25)22-14-10-17-13(9-18(14)26-2)12-5-3-4-6-16(12)27-17/h3-6,9-10,15H,7-8,11H2,1-2H3,(H,22,25)/t15-,21-/m0/s1. The van der Waals surface area contributed by atoms with Gasteiger partial charge < -0.3 is 19.4 Å². The highest BCUT2D eigenvalue weighted by atomic mass is 32.2. The molecule has 3 aromatic rings. The van der Waals surface area contributed by atoms with E-state index in [1.807, 2.05) is 37.3 Å². The van der Waals surface area contributed by atoms with Gasteiger partial charge in [-0.25, -0.2) is 0 Å². The molecular formula is C21H20N2O4S. The fraction of sp³-hybridized carbons (Fsp3) is 0.333. The molecule has 1 N–H and O–H groups in total. The predicted octanol–water partition coefficient (Wildman–Crippen LogP) is 3.99. The Morgan fingerprint density at radius 2 is 2.11 bits per heavy atom. The van der Waals surface area contributed by atoms with E-state index < -0.39 is 6.04 Å². The molecule has 1 aromatic heterocycles. The van der Waals surface area contributed by atoms with Gasteiger partial charge in [0.1, 0.15) is 23.0 Å². The third-order valence-corrected chi connectivity index (χ3v) is 7.21. The number of carbonyl (C=O) groups excluding carboxylic acids is 2. The van der Waals surface area contributed by atoms with E-state index in [1.165, 1.54) is 0 Å². The zero-order chi connectivity index (χ0) is 19.5. The van der Waals surface area contributed by atoms with E-state index >= 15 is 0 Å². The number of amides is 2. The first-order valence-electron chi connectivity index (χ1n) is 9.26. The van der Waals surface area contributed by atoms with Gasteiger partial charge in [-0.15, -0.1) is 11.8 Å². The first-order valence-corrected chi connectivity index (χ1v) is 10.2. The van der Waals surface area contributed by atoms with E-state index in [-0.39, 0.29) is 16.7 Å². The van der Waals surface area contributed by atoms with Gasteiger partial charge in [0.2, 0.25) is 11.8 Å². The fourth-order valence-corrected chi connectivity index (χ4v) is 5.68. The summed E-state index contributed by atoms with van der Waals surface area (Å²) in [4.78, 5) is 26.8. The molecule has 0 saturated carbocycles. The highest BCUT2D eigenvalue weighted by Gasteiger charge is 2.52. The van der Waals surface area contributed by atoms with E-state index in [0.717, 1.165) is 22.8 Å². The topological polar surface area (TPSA) is 71.8 Å². The normalized spacial score (nSPS) is 24.1. The number of rotatable bonds is 3. The van der Waals surface area contributed by atoms with Crippen LogP contribution in [0.2, 0.25) is 0 Å². The molecular weight excluding hydrogens is 376 g/mol. The van der Waals surface area contributed by atoms with Gasteiger partial charge in [0.15, 0.2) is 0 Å². The maximum atomic E-state index is 13.0. The molecule has 144 valence electrons. The highest BCUT2D eigenvalue weighted by Crippen LogP contribution is 2.47. The third kappa shape index (κ3) is 2.49. The average Bonchev–Trinajstić information content (AvgIpc) is 3.31. The van der Waals surface area contributed by atoms with Gasteiger partial charge in [-0.3, -0.25) is 9.59 Å². The zero-order valence-corrected chi connectivity index (χ0v) is 16.5. The summed E-state index contributed by atoms with van der Waals surface area (Å²) in [6, 6.07) is 11.0. The van der Waals surface area contributed by atoms with E-state index in [0.29, 0.717) is 29.2 Å². The Morgan fingerprint density at radius 3 is 2.93 bits per heavy atom. The second-order valence-corrected chi connectivity index (χ2v) is 8.90. The summed E-state index contributed by atoms with van der Waals surface area (Å²) in [6.07, 6.45) is 1.29. The van der Waals surface area contributed by atoms with Gasteiger partial charge in [0.05, 0.1) is 17.7 Å². The van der Waals surface area contributed by atoms with Crippen LogP contribution in [0.4, 0.5) is 5.69 Å². The van der Waals surface area contributed by atoms with Crippen molar-refractivity contribution >= 4 is 51.2 Å². The number of fused-ring (bicyclic) bond motifs is 4. The molecule has 0 unspecified atom stereocenters. The first kappa shape index (κ1) is 17.4. The van der Waals surface area contributed by atoms with Crippen molar-refractivity contribution < 1.29 is 18.7 Å². The Balaban J connectivity index is 1.50. The number of nitrogens with one attached hydrogen (secondary N) is 1. The lowest BCUT2D eigenvalue weighted by Crippen LogP contribution is -2.48. The number of hydrogen-bond acceptors (Lipinski definition) is 5. The van der Waals surface area contributed by atoms with Crippen LogP contribution in [0.3, 0.4) is 0 Å². The number of thioether (sulfide) groups is 1. The number of anilines is 1. The lowest BCUT2D eigenvalue weighted by Gasteiger charge is -2.29. The molecule has 2 amide bonds. The Morgan fingerprint density at radius 1 is 1.29 bits per heavy atom. The van der Waals surface area contributed by atoms with E-state index in [4.69, 9.17) is 9.15 Å². The molecule has 0 aliphatic carbocycles. The minimum absolute atomic E-state index is 0.0485. The summed E-state index contributed by atoms with van der Waals surface area (Å²) in [6.45, 7) is 2.04. The van der Waals surface area contributed by atoms with Crippen LogP contribution >= 0.6 is 11.8 Å². The molecule has 3 heterocycles. The fourth-order valence-electron chi connectivity index (χ4n) is 4.25. The molecule has 2 aromatic carbocycles. The molecule has 2 aliphatic heterocycles. The molecule has 5 rings (SSSR count). The summed E-state index contributed by atoms with van der Waals surface area (Å²) in [7, 11) is 1.57. The van der Waals surface area contributed by atoms with Crippen molar-refractivity contribution in [1.82, 2.24) is 4.90 Å². The van der Waals surface area contributed by atoms with Crippen LogP contribution in [0, 0.1) is 0 Å². The number of benzene rings is 2. The summed E-state index contributed by atoms with van der Waals surface area (Å²) >= 11 is 1.68. The molecule has 2 aliphatic rings. The van der Waals surface area contributed by atoms with Crippen LogP contribution in [0.15, 0.2) is 40.8 Å². The second-order valence-electron chi connectivity index (χ2n) is 7.40. The van der Waals surface area contributed by atoms with E-state index in [2.05, 4.69) is 5.32 Å². The molecule has 2 atom stereocenters. The third-order valence-electron chi connectivity index (χ3n) is 5.70. The zero-order valence-electron chi connectivity index (χ0n) is 15.7. The van der Waals surface area contributed by atoms with Crippen molar-refractivity contribution in [2.45, 2.75) is 30.7 Å². The van der Waals surface area contributed by atoms with Crippen molar-refractivity contribution in [3.05, 3.63) is 36.4 Å². The number of ether oxygens (including phenoxy) is 1. The molecule has 6 nitrogen and oxygen atoms in total. The van der Waals surface area contributed by atoms with Crippen LogP contribution in [-0.4, -0.2) is 40.5 Å². The summed E-state index contributed by atoms with van der Waals surface area (Å²) in [5.41, 5.74) is 2.01. The monoisotopic (exact) mass is 396 g/mol. The minimum atomic E-state index is -0.471. The Hall–Kier alpha value is -2.67. The van der Waals surface area contributed by atoms with Crippen LogP contribution in [0.5, 0.6) is 5.75 Å². The van der Waals surface area contributed by atoms with E-state index in [9.17, 15) is 9.59 Å². The Labute approximate surface area is 166 Å². The SMILES string of the molecule is COc1cc2c(cc1NC(=O)[C@@H]1CS[C@@]3(C)CCC(=O)N13)oc1ccccc12. The first-order chi connectivity index (χ1) is 13.5. The van der Waals surface area contributed by atoms with Gasteiger partial charge in [0, 0.05) is 29.0 Å². The summed E-state index contributed by atoms with van der Waals surface area (Å²) in [5.74, 6) is 1.02. The Bertz CT molecular complexity index is 1120. The summed E-state index contributed by atoms with van der Waals surface area (Å²) < 4.78 is 11.4. The molecule has 0 spiro atoms. The highest BCUT2D eigenvalue weighted by molar-refractivity contribution is 8.01. The molecule has 0 radical (unpaired) electrons. The van der Waals surface area contributed by atoms with Crippen molar-refractivity contribution in [1.29, 1.82) is 0 Å². The second kappa shape index (κ2) is 6.17. The van der Waals surface area contributed by atoms with Crippen LogP contribution in [0.1, 0.15) is 19.8 Å². The Kier molecular flexibility index (Phi) is 3.84. The maximum absolute atomic E-state index is 13.0. The van der Waals surface area contributed by atoms with Crippen molar-refractivity contribution in [3.63, 3.8) is 0 Å². The lowest BCUT2D eigenvalue weighted by molar-refractivity contribution is -0.135. The quantitative estimate of drug-likeness (QED) is 0.725.